The number of aliphatic imine (C=N–C) groups is 1. The summed E-state index contributed by atoms with van der Waals surface area (Å²) >= 11 is 0. The van der Waals surface area contributed by atoms with E-state index in [0.717, 1.165) is 82.8 Å². The van der Waals surface area contributed by atoms with Crippen molar-refractivity contribution in [1.82, 2.24) is 0 Å². The van der Waals surface area contributed by atoms with Gasteiger partial charge in [0.25, 0.3) is 5.91 Å². The molecule has 0 saturated carbocycles. The van der Waals surface area contributed by atoms with Gasteiger partial charge in [-0.2, -0.15) is 0 Å². The molecule has 0 aromatic heterocycles. The van der Waals surface area contributed by atoms with E-state index in [0.29, 0.717) is 53.8 Å². The molecule has 5 aromatic rings. The monoisotopic (exact) mass is 1020 g/mol. The minimum absolute atomic E-state index is 0.0994. The number of ether oxygens (including phenoxy) is 5. The highest BCUT2D eigenvalue weighted by Crippen LogP contribution is 2.41. The van der Waals surface area contributed by atoms with Crippen molar-refractivity contribution >= 4 is 68.6 Å². The van der Waals surface area contributed by atoms with Crippen molar-refractivity contribution in [3.05, 3.63) is 124 Å². The molecule has 384 valence electrons. The van der Waals surface area contributed by atoms with E-state index in [1.807, 2.05) is 90.5 Å². The van der Waals surface area contributed by atoms with Crippen LogP contribution in [-0.4, -0.2) is 87.7 Å². The maximum Gasteiger partial charge on any atom is 0.260 e. The van der Waals surface area contributed by atoms with Crippen LogP contribution in [0.25, 0.3) is 0 Å². The summed E-state index contributed by atoms with van der Waals surface area (Å²) in [6, 6.07) is 29.8. The largest absolute Gasteiger partial charge is 0.493 e. The first-order valence-electron chi connectivity index (χ1n) is 24.7. The Bertz CT molecular complexity index is 2740. The van der Waals surface area contributed by atoms with Gasteiger partial charge in [0.2, 0.25) is 6.41 Å². The molecule has 72 heavy (non-hydrogen) atoms. The maximum absolute atomic E-state index is 14.2. The molecule has 2 amide bonds. The average molecular weight is 1020 g/mol. The Morgan fingerprint density at radius 2 is 1.47 bits per heavy atom. The van der Waals surface area contributed by atoms with Crippen LogP contribution in [0.5, 0.6) is 23.0 Å². The average Bonchev–Trinajstić information content (AvgIpc) is 3.96. The molecule has 0 aliphatic carbocycles. The van der Waals surface area contributed by atoms with Gasteiger partial charge in [0, 0.05) is 66.7 Å². The number of hydrogen-bond donors (Lipinski definition) is 1. The quantitative estimate of drug-likeness (QED) is 0.0383. The molecule has 0 saturated heterocycles. The van der Waals surface area contributed by atoms with Gasteiger partial charge < -0.3 is 43.7 Å². The molecule has 12 nitrogen and oxygen atoms in total. The van der Waals surface area contributed by atoms with Gasteiger partial charge in [-0.15, -0.1) is 0 Å². The van der Waals surface area contributed by atoms with E-state index in [4.69, 9.17) is 28.7 Å². The summed E-state index contributed by atoms with van der Waals surface area (Å²) in [6.07, 6.45) is 8.34. The lowest BCUT2D eigenvalue weighted by Gasteiger charge is -2.42. The van der Waals surface area contributed by atoms with E-state index >= 15 is 0 Å². The number of nitrogens with zero attached hydrogens (tertiary/aromatic N) is 4. The molecule has 1 unspecified atom stereocenters. The zero-order valence-electron chi connectivity index (χ0n) is 44.2. The summed E-state index contributed by atoms with van der Waals surface area (Å²) in [7, 11) is 8.76. The van der Waals surface area contributed by atoms with E-state index in [2.05, 4.69) is 95.3 Å². The van der Waals surface area contributed by atoms with Crippen LogP contribution in [0.1, 0.15) is 99.5 Å². The number of hydrogen-bond acceptors (Lipinski definition) is 12. The molecule has 2 heterocycles. The van der Waals surface area contributed by atoms with E-state index < -0.39 is 5.54 Å². The Hall–Kier alpha value is -5.83. The third kappa shape index (κ3) is 13.0. The van der Waals surface area contributed by atoms with Crippen molar-refractivity contribution in [3.63, 3.8) is 0 Å². The molecule has 7 rings (SSSR count). The number of aryl methyl sites for hydroxylation is 1. The number of anilines is 4. The summed E-state index contributed by atoms with van der Waals surface area (Å²) in [5.41, 5.74) is 9.01. The third-order valence-corrected chi connectivity index (χ3v) is 15.8. The van der Waals surface area contributed by atoms with Crippen LogP contribution >= 0.6 is 21.6 Å². The summed E-state index contributed by atoms with van der Waals surface area (Å²) < 4.78 is 31.8. The first-order chi connectivity index (χ1) is 34.4. The number of carbonyl (C=O) groups is 2. The minimum atomic E-state index is -0.405. The molecule has 0 fully saturated rings. The second kappa shape index (κ2) is 23.4. The van der Waals surface area contributed by atoms with Crippen LogP contribution in [0, 0.1) is 6.92 Å². The van der Waals surface area contributed by atoms with E-state index in [1.54, 1.807) is 36.0 Å². The first kappa shape index (κ1) is 54.0. The number of methoxy groups -OCH3 is 2. The van der Waals surface area contributed by atoms with Gasteiger partial charge in [-0.1, -0.05) is 58.0 Å². The van der Waals surface area contributed by atoms with Crippen molar-refractivity contribution in [2.24, 2.45) is 4.99 Å². The smallest absolute Gasteiger partial charge is 0.260 e. The molecule has 14 heteroatoms. The van der Waals surface area contributed by atoms with Crippen molar-refractivity contribution < 1.29 is 33.3 Å². The fraction of sp³-hybridized carbons (Fsp3) is 0.431. The van der Waals surface area contributed by atoms with Gasteiger partial charge in [0.05, 0.1) is 54.9 Å². The third-order valence-electron chi connectivity index (χ3n) is 13.2. The van der Waals surface area contributed by atoms with Gasteiger partial charge in [-0.05, 0) is 151 Å². The molecule has 2 aliphatic rings. The molecule has 0 radical (unpaired) electrons. The first-order valence-corrected chi connectivity index (χ1v) is 27.3. The molecule has 2 aliphatic heterocycles. The second-order valence-corrected chi connectivity index (χ2v) is 23.8. The maximum atomic E-state index is 14.2. The number of amides is 2. The van der Waals surface area contributed by atoms with Gasteiger partial charge in [0.1, 0.15) is 13.2 Å². The highest BCUT2D eigenvalue weighted by molar-refractivity contribution is 8.76. The number of carbonyl (C=O) groups excluding carboxylic acids is 2. The Kier molecular flexibility index (Phi) is 17.5. The van der Waals surface area contributed by atoms with Crippen LogP contribution in [0.4, 0.5) is 28.4 Å². The van der Waals surface area contributed by atoms with E-state index in [9.17, 15) is 9.59 Å². The highest BCUT2D eigenvalue weighted by atomic mass is 33.1. The fourth-order valence-corrected chi connectivity index (χ4v) is 11.7. The Labute approximate surface area is 435 Å². The molecule has 1 atom stereocenters. The lowest BCUT2D eigenvalue weighted by molar-refractivity contribution is -0.107. The van der Waals surface area contributed by atoms with Crippen molar-refractivity contribution in [3.8, 4) is 23.0 Å². The molecule has 1 N–H and O–H groups in total. The highest BCUT2D eigenvalue weighted by Gasteiger charge is 2.32. The van der Waals surface area contributed by atoms with Crippen molar-refractivity contribution in [2.45, 2.75) is 116 Å². The van der Waals surface area contributed by atoms with Crippen LogP contribution in [0.3, 0.4) is 0 Å². The van der Waals surface area contributed by atoms with Crippen LogP contribution in [0.2, 0.25) is 0 Å². The zero-order chi connectivity index (χ0) is 51.8. The summed E-state index contributed by atoms with van der Waals surface area (Å²) in [4.78, 5) is 37.3. The van der Waals surface area contributed by atoms with Gasteiger partial charge in [-0.25, -0.2) is 0 Å². The number of para-hydroxylation sites is 2. The number of rotatable bonds is 23. The molecular weight excluding hydrogens is 943 g/mol. The number of benzene rings is 5. The van der Waals surface area contributed by atoms with Crippen molar-refractivity contribution in [1.29, 1.82) is 0 Å². The Balaban J connectivity index is 1.22. The normalized spacial score (nSPS) is 14.6. The Morgan fingerprint density at radius 1 is 0.833 bits per heavy atom. The summed E-state index contributed by atoms with van der Waals surface area (Å²) in [6.45, 7) is 19.7. The van der Waals surface area contributed by atoms with E-state index in [-0.39, 0.29) is 35.5 Å². The molecule has 5 aromatic carbocycles. The van der Waals surface area contributed by atoms with Crippen LogP contribution in [-0.2, 0) is 35.6 Å². The fourth-order valence-electron chi connectivity index (χ4n) is 9.41. The van der Waals surface area contributed by atoms with Crippen molar-refractivity contribution in [2.75, 3.05) is 67.2 Å². The predicted octanol–water partition coefficient (Wildman–Crippen LogP) is 12.7. The van der Waals surface area contributed by atoms with Crippen LogP contribution < -0.4 is 39.0 Å². The topological polar surface area (TPSA) is 114 Å². The Morgan fingerprint density at radius 3 is 2.11 bits per heavy atom. The summed E-state index contributed by atoms with van der Waals surface area (Å²) in [5.74, 6) is 1.99. The minimum Gasteiger partial charge on any atom is -0.493 e. The lowest BCUT2D eigenvalue weighted by Crippen LogP contribution is -2.50. The van der Waals surface area contributed by atoms with Gasteiger partial charge >= 0.3 is 0 Å². The van der Waals surface area contributed by atoms with Gasteiger partial charge in [0.15, 0.2) is 23.0 Å². The van der Waals surface area contributed by atoms with Gasteiger partial charge in [-0.3, -0.25) is 14.6 Å². The second-order valence-electron chi connectivity index (χ2n) is 20.7. The molecule has 0 spiro atoms. The standard InChI is InChI=1S/C58H73N5O7S2/c1-39-26-51(66-10)53(32-47(39)60-34-45-30-43-19-14-16-21-50(43)62(45)38-64)68-35-40-27-41(29-44(28-40)63(24-17-23-58(7,8)72-71-12)57(5,6)37-70-56(2,3)4)36-69-54-33-48(59-9)46(31-52(54)67-11)55(65)61-25-22-42-18-13-15-20-49(42)61/h13-16,18-21,26-29,31-34,38,45,59H,17,22-25,30,35-37H2,1-12H3. The lowest BCUT2D eigenvalue weighted by atomic mass is 9.98. The van der Waals surface area contributed by atoms with Crippen LogP contribution in [0.15, 0.2) is 96.0 Å². The summed E-state index contributed by atoms with van der Waals surface area (Å²) in [5, 5.41) is 3.25. The number of fused-ring (bicyclic) bond motifs is 2. The SMILES string of the molecule is CNc1cc(OCc2cc(COc3cc(N=CC4Cc5ccccc5N4C=O)c(C)cc3OC)cc(N(CCCC(C)(C)SSC)C(C)(C)COC(C)(C)C)c2)c(OC)cc1C(=O)N1CCc2ccccc21. The number of nitrogens with one attached hydrogen (secondary N) is 1. The zero-order valence-corrected chi connectivity index (χ0v) is 45.9. The predicted molar refractivity (Wildman–Crippen MR) is 299 cm³/mol. The van der Waals surface area contributed by atoms with E-state index in [1.165, 1.54) is 0 Å². The molecular formula is C58H73N5O7S2. The molecule has 0 bridgehead atoms.